The number of nitrogens with zero attached hydrogens (tertiary/aromatic N) is 2. The molecule has 0 bridgehead atoms. The highest BCUT2D eigenvalue weighted by atomic mass is 32.2. The Balaban J connectivity index is 2.04. The lowest BCUT2D eigenvalue weighted by molar-refractivity contribution is -0.0566. The van der Waals surface area contributed by atoms with Gasteiger partial charge in [-0.15, -0.1) is 0 Å². The molecule has 0 saturated carbocycles. The molecule has 2 N–H and O–H groups in total. The van der Waals surface area contributed by atoms with Crippen LogP contribution in [0, 0.1) is 6.92 Å². The summed E-state index contributed by atoms with van der Waals surface area (Å²) in [4.78, 5) is 26.2. The largest absolute Gasteiger partial charge is 0.414 e. The fourth-order valence-electron chi connectivity index (χ4n) is 4.98. The van der Waals surface area contributed by atoms with Crippen LogP contribution in [-0.2, 0) is 34.9 Å². The highest BCUT2D eigenvalue weighted by Crippen LogP contribution is 2.55. The topological polar surface area (TPSA) is 141 Å². The van der Waals surface area contributed by atoms with Gasteiger partial charge < -0.3 is 19.3 Å². The van der Waals surface area contributed by atoms with Gasteiger partial charge in [-0.1, -0.05) is 41.5 Å². The number of aromatic nitrogens is 2. The van der Waals surface area contributed by atoms with E-state index >= 15 is 0 Å². The third kappa shape index (κ3) is 5.67. The van der Waals surface area contributed by atoms with E-state index in [1.807, 2.05) is 13.1 Å². The predicted octanol–water partition coefficient (Wildman–Crippen LogP) is 4.65. The zero-order chi connectivity index (χ0) is 33.4. The first-order valence-electron chi connectivity index (χ1n) is 14.6. The molecule has 0 aliphatic carbocycles. The van der Waals surface area contributed by atoms with Crippen LogP contribution in [0.1, 0.15) is 58.9 Å². The van der Waals surface area contributed by atoms with Crippen LogP contribution in [-0.4, -0.2) is 58.6 Å². The molecule has 11 nitrogen and oxygen atoms in total. The van der Waals surface area contributed by atoms with Gasteiger partial charge in [-0.05, 0) is 60.0 Å². The minimum atomic E-state index is -4.40. The molecule has 0 amide bonds. The SMILES string of the molecule is Cc1cn([C@@H]2O[C@H](CO[Si](C)(C)C(C)(C)C)C3(OS(=O)(=O)C(c4ccsc4)=C3N)[C@H]2O[Si](C)(C)C(C)(C)C)c(=O)n(C)c1=O. The van der Waals surface area contributed by atoms with Gasteiger partial charge in [-0.25, -0.2) is 8.98 Å². The van der Waals surface area contributed by atoms with Gasteiger partial charge in [0.1, 0.15) is 17.1 Å². The van der Waals surface area contributed by atoms with Crippen molar-refractivity contribution in [1.29, 1.82) is 0 Å². The van der Waals surface area contributed by atoms with Gasteiger partial charge in [-0.2, -0.15) is 19.8 Å². The van der Waals surface area contributed by atoms with Gasteiger partial charge in [-0.3, -0.25) is 13.9 Å². The van der Waals surface area contributed by atoms with Crippen LogP contribution in [0.3, 0.4) is 0 Å². The summed E-state index contributed by atoms with van der Waals surface area (Å²) < 4.78 is 56.5. The first-order valence-corrected chi connectivity index (χ1v) is 22.8. The quantitative estimate of drug-likeness (QED) is 0.326. The molecular weight excluding hydrogens is 639 g/mol. The van der Waals surface area contributed by atoms with Crippen molar-refractivity contribution in [2.24, 2.45) is 12.8 Å². The van der Waals surface area contributed by atoms with Gasteiger partial charge in [0.25, 0.3) is 5.56 Å². The summed E-state index contributed by atoms with van der Waals surface area (Å²) in [6.07, 6.45) is -2.03. The summed E-state index contributed by atoms with van der Waals surface area (Å²) in [5.74, 6) is 0. The average molecular weight is 686 g/mol. The van der Waals surface area contributed by atoms with Crippen molar-refractivity contribution in [3.8, 4) is 0 Å². The summed E-state index contributed by atoms with van der Waals surface area (Å²) >= 11 is 1.33. The molecule has 2 aromatic rings. The highest BCUT2D eigenvalue weighted by Gasteiger charge is 2.69. The Bertz CT molecular complexity index is 1680. The van der Waals surface area contributed by atoms with Crippen molar-refractivity contribution in [1.82, 2.24) is 9.13 Å². The molecule has 1 unspecified atom stereocenters. The van der Waals surface area contributed by atoms with Gasteiger partial charge in [0, 0.05) is 24.4 Å². The van der Waals surface area contributed by atoms with Crippen molar-refractivity contribution in [3.05, 3.63) is 60.7 Å². The third-order valence-corrected chi connectivity index (χ3v) is 20.9. The van der Waals surface area contributed by atoms with Crippen LogP contribution >= 0.6 is 11.3 Å². The summed E-state index contributed by atoms with van der Waals surface area (Å²) in [5.41, 5.74) is 4.63. The molecule has 1 spiro atoms. The van der Waals surface area contributed by atoms with Gasteiger partial charge in [0.15, 0.2) is 28.5 Å². The van der Waals surface area contributed by atoms with Crippen LogP contribution in [0.2, 0.25) is 36.3 Å². The molecule has 0 radical (unpaired) electrons. The summed E-state index contributed by atoms with van der Waals surface area (Å²) in [7, 11) is -8.12. The molecule has 4 rings (SSSR count). The molecule has 0 aromatic carbocycles. The van der Waals surface area contributed by atoms with E-state index in [1.165, 1.54) is 29.1 Å². The Labute approximate surface area is 266 Å². The molecule has 246 valence electrons. The van der Waals surface area contributed by atoms with Crippen molar-refractivity contribution in [2.75, 3.05) is 6.61 Å². The normalized spacial score (nSPS) is 26.2. The smallest absolute Gasteiger partial charge is 0.332 e. The van der Waals surface area contributed by atoms with Crippen molar-refractivity contribution >= 4 is 43.0 Å². The summed E-state index contributed by atoms with van der Waals surface area (Å²) in [6, 6.07) is 1.67. The Hall–Kier alpha value is -1.86. The monoisotopic (exact) mass is 685 g/mol. The standard InChI is InChI=1S/C29H47N3O8S2Si2/c1-18-15-32(26(34)31(8)24(18)33)25-23(39-44(11,12)28(5,6)7)29(20(38-25)16-37-43(9,10)27(2,3)4)22(30)21(42(35,36)40-29)19-13-14-41-17-19/h13-15,17,20,23,25H,16,30H2,1-12H3/t20-,23+,25-,29?/m1/s1. The van der Waals surface area contributed by atoms with Gasteiger partial charge in [0.2, 0.25) is 0 Å². The Morgan fingerprint density at radius 1 is 1.07 bits per heavy atom. The molecule has 2 aliphatic heterocycles. The number of hydrogen-bond donors (Lipinski definition) is 1. The lowest BCUT2D eigenvalue weighted by atomic mass is 9.88. The van der Waals surface area contributed by atoms with E-state index in [2.05, 4.69) is 54.6 Å². The number of thiophene rings is 1. The first-order chi connectivity index (χ1) is 19.9. The van der Waals surface area contributed by atoms with Crippen molar-refractivity contribution in [2.45, 2.75) is 109 Å². The van der Waals surface area contributed by atoms with E-state index in [4.69, 9.17) is 23.5 Å². The van der Waals surface area contributed by atoms with E-state index in [0.29, 0.717) is 11.1 Å². The molecule has 2 aliphatic rings. The number of rotatable bonds is 7. The summed E-state index contributed by atoms with van der Waals surface area (Å²) in [5, 5.41) is 2.98. The van der Waals surface area contributed by atoms with E-state index in [1.54, 1.807) is 23.8 Å². The Morgan fingerprint density at radius 2 is 1.66 bits per heavy atom. The fraction of sp³-hybridized carbons (Fsp3) is 0.655. The maximum absolute atomic E-state index is 13.9. The molecule has 1 fully saturated rings. The van der Waals surface area contributed by atoms with Crippen LogP contribution < -0.4 is 17.0 Å². The van der Waals surface area contributed by atoms with Crippen LogP contribution in [0.15, 0.2) is 38.3 Å². The van der Waals surface area contributed by atoms with E-state index in [9.17, 15) is 18.0 Å². The summed E-state index contributed by atoms with van der Waals surface area (Å²) in [6.45, 7) is 22.2. The molecule has 44 heavy (non-hydrogen) atoms. The average Bonchev–Trinajstić information content (AvgIpc) is 3.54. The predicted molar refractivity (Wildman–Crippen MR) is 178 cm³/mol. The zero-order valence-corrected chi connectivity index (χ0v) is 31.4. The second-order valence-electron chi connectivity index (χ2n) is 14.8. The molecule has 1 saturated heterocycles. The van der Waals surface area contributed by atoms with Gasteiger partial charge >= 0.3 is 15.8 Å². The minimum Gasteiger partial charge on any atom is -0.414 e. The molecule has 15 heteroatoms. The maximum Gasteiger partial charge on any atom is 0.332 e. The Morgan fingerprint density at radius 3 is 2.18 bits per heavy atom. The Kier molecular flexibility index (Phi) is 8.86. The maximum atomic E-state index is 13.9. The number of ether oxygens (including phenoxy) is 1. The number of nitrogens with two attached hydrogens (primary N) is 1. The zero-order valence-electron chi connectivity index (χ0n) is 27.8. The lowest BCUT2D eigenvalue weighted by Crippen LogP contribution is -2.59. The van der Waals surface area contributed by atoms with Crippen LogP contribution in [0.25, 0.3) is 4.91 Å². The molecule has 4 atom stereocenters. The first kappa shape index (κ1) is 35.0. The fourth-order valence-corrected chi connectivity index (χ4v) is 9.56. The van der Waals surface area contributed by atoms with Gasteiger partial charge in [0.05, 0.1) is 12.3 Å². The lowest BCUT2D eigenvalue weighted by Gasteiger charge is -2.43. The van der Waals surface area contributed by atoms with E-state index in [-0.39, 0.29) is 27.3 Å². The van der Waals surface area contributed by atoms with Crippen LogP contribution in [0.4, 0.5) is 0 Å². The molecular formula is C29H47N3O8S2Si2. The molecule has 2 aromatic heterocycles. The molecule has 4 heterocycles. The third-order valence-electron chi connectivity index (χ3n) is 9.80. The number of hydrogen-bond acceptors (Lipinski definition) is 10. The van der Waals surface area contributed by atoms with Crippen molar-refractivity contribution in [3.63, 3.8) is 0 Å². The second kappa shape index (κ2) is 11.1. The van der Waals surface area contributed by atoms with Crippen LogP contribution in [0.5, 0.6) is 0 Å². The second-order valence-corrected chi connectivity index (χ2v) is 26.7. The van der Waals surface area contributed by atoms with E-state index in [0.717, 1.165) is 4.57 Å². The number of aryl methyl sites for hydroxylation is 1. The minimum absolute atomic E-state index is 0.0551. The van der Waals surface area contributed by atoms with E-state index < -0.39 is 62.0 Å². The van der Waals surface area contributed by atoms with Crippen molar-refractivity contribution < 1.29 is 26.2 Å². The highest BCUT2D eigenvalue weighted by molar-refractivity contribution is 7.96.